The second-order valence-electron chi connectivity index (χ2n) is 5.07. The zero-order chi connectivity index (χ0) is 14.4. The first-order valence-electron chi connectivity index (χ1n) is 6.92. The van der Waals surface area contributed by atoms with Gasteiger partial charge in [0.1, 0.15) is 6.61 Å². The highest BCUT2D eigenvalue weighted by atomic mass is 35.5. The number of pyridine rings is 1. The topological polar surface area (TPSA) is 77.2 Å². The number of nitrogens with zero attached hydrogens (tertiary/aromatic N) is 1. The number of nitrogens with one attached hydrogen (secondary N) is 1. The van der Waals surface area contributed by atoms with E-state index in [1.54, 1.807) is 12.1 Å². The molecule has 0 aromatic carbocycles. The Hall–Kier alpha value is -0.750. The molecule has 0 aliphatic heterocycles. The Morgan fingerprint density at radius 3 is 2.77 bits per heavy atom. The van der Waals surface area contributed by atoms with Gasteiger partial charge in [-0.05, 0) is 24.8 Å². The van der Waals surface area contributed by atoms with Gasteiger partial charge in [-0.15, -0.1) is 24.8 Å². The normalized spacial score (nSPS) is 19.7. The van der Waals surface area contributed by atoms with Gasteiger partial charge in [-0.2, -0.15) is 0 Å². The van der Waals surface area contributed by atoms with Crippen LogP contribution in [0.5, 0.6) is 5.88 Å². The number of carbonyl (C=O) groups is 1. The SMILES string of the molecule is Cl.Cl.N[C@@H]1CCC[C@H]1CC(=O)NCCOc1ccc(Cl)cn1. The molecule has 0 unspecified atom stereocenters. The van der Waals surface area contributed by atoms with E-state index in [1.165, 1.54) is 6.20 Å². The van der Waals surface area contributed by atoms with Gasteiger partial charge < -0.3 is 15.8 Å². The molecule has 126 valence electrons. The molecule has 8 heteroatoms. The first-order valence-corrected chi connectivity index (χ1v) is 7.29. The van der Waals surface area contributed by atoms with E-state index in [0.717, 1.165) is 19.3 Å². The van der Waals surface area contributed by atoms with E-state index in [0.29, 0.717) is 36.4 Å². The molecule has 1 aliphatic rings. The van der Waals surface area contributed by atoms with Crippen molar-refractivity contribution in [2.24, 2.45) is 11.7 Å². The molecule has 0 saturated heterocycles. The predicted molar refractivity (Wildman–Crippen MR) is 92.2 cm³/mol. The van der Waals surface area contributed by atoms with Crippen LogP contribution in [-0.4, -0.2) is 30.1 Å². The molecule has 1 aromatic heterocycles. The van der Waals surface area contributed by atoms with E-state index in [9.17, 15) is 4.79 Å². The number of carbonyl (C=O) groups excluding carboxylic acids is 1. The predicted octanol–water partition coefficient (Wildman–Crippen LogP) is 2.59. The van der Waals surface area contributed by atoms with Crippen molar-refractivity contribution >= 4 is 42.3 Å². The van der Waals surface area contributed by atoms with E-state index in [4.69, 9.17) is 22.1 Å². The highest BCUT2D eigenvalue weighted by molar-refractivity contribution is 6.30. The molecule has 2 rings (SSSR count). The van der Waals surface area contributed by atoms with Crippen molar-refractivity contribution < 1.29 is 9.53 Å². The van der Waals surface area contributed by atoms with Crippen LogP contribution in [0.4, 0.5) is 0 Å². The summed E-state index contributed by atoms with van der Waals surface area (Å²) in [7, 11) is 0. The smallest absolute Gasteiger partial charge is 0.220 e. The van der Waals surface area contributed by atoms with Gasteiger partial charge in [-0.25, -0.2) is 4.98 Å². The third-order valence-electron chi connectivity index (χ3n) is 3.54. The number of rotatable bonds is 6. The summed E-state index contributed by atoms with van der Waals surface area (Å²) in [5, 5.41) is 3.41. The number of hydrogen-bond acceptors (Lipinski definition) is 4. The van der Waals surface area contributed by atoms with Gasteiger partial charge in [0.15, 0.2) is 0 Å². The zero-order valence-electron chi connectivity index (χ0n) is 12.2. The molecule has 0 radical (unpaired) electrons. The van der Waals surface area contributed by atoms with Crippen LogP contribution in [0.15, 0.2) is 18.3 Å². The molecular formula is C14H22Cl3N3O2. The summed E-state index contributed by atoms with van der Waals surface area (Å²) in [6, 6.07) is 3.58. The van der Waals surface area contributed by atoms with Crippen LogP contribution >= 0.6 is 36.4 Å². The maximum absolute atomic E-state index is 11.7. The molecule has 2 atom stereocenters. The third-order valence-corrected chi connectivity index (χ3v) is 3.76. The molecule has 22 heavy (non-hydrogen) atoms. The lowest BCUT2D eigenvalue weighted by Gasteiger charge is -2.14. The quantitative estimate of drug-likeness (QED) is 0.755. The second kappa shape index (κ2) is 10.9. The number of halogens is 3. The summed E-state index contributed by atoms with van der Waals surface area (Å²) in [5.74, 6) is 0.871. The van der Waals surface area contributed by atoms with Crippen molar-refractivity contribution in [3.8, 4) is 5.88 Å². The van der Waals surface area contributed by atoms with Crippen LogP contribution in [0.2, 0.25) is 5.02 Å². The van der Waals surface area contributed by atoms with Crippen molar-refractivity contribution in [1.29, 1.82) is 0 Å². The molecule has 1 heterocycles. The standard InChI is InChI=1S/C14H20ClN3O2.2ClH/c15-11-4-5-14(18-9-11)20-7-6-17-13(19)8-10-2-1-3-12(10)16;;/h4-5,9-10,12H,1-3,6-8,16H2,(H,17,19);2*1H/t10-,12+;;/m0../s1. The van der Waals surface area contributed by atoms with Crippen LogP contribution < -0.4 is 15.8 Å². The highest BCUT2D eigenvalue weighted by Crippen LogP contribution is 2.26. The van der Waals surface area contributed by atoms with E-state index >= 15 is 0 Å². The number of aromatic nitrogens is 1. The molecule has 1 aliphatic carbocycles. The minimum absolute atomic E-state index is 0. The second-order valence-corrected chi connectivity index (χ2v) is 5.51. The van der Waals surface area contributed by atoms with Gasteiger partial charge in [0.05, 0.1) is 11.6 Å². The van der Waals surface area contributed by atoms with Crippen molar-refractivity contribution in [1.82, 2.24) is 10.3 Å². The summed E-state index contributed by atoms with van der Waals surface area (Å²) in [4.78, 5) is 15.7. The third kappa shape index (κ3) is 7.01. The first-order chi connectivity index (χ1) is 9.65. The van der Waals surface area contributed by atoms with E-state index in [2.05, 4.69) is 10.3 Å². The molecule has 3 N–H and O–H groups in total. The molecule has 1 fully saturated rings. The average molecular weight is 371 g/mol. The van der Waals surface area contributed by atoms with E-state index in [1.807, 2.05) is 0 Å². The molecule has 0 spiro atoms. The van der Waals surface area contributed by atoms with Gasteiger partial charge in [0.2, 0.25) is 11.8 Å². The van der Waals surface area contributed by atoms with Crippen LogP contribution in [0.25, 0.3) is 0 Å². The molecule has 5 nitrogen and oxygen atoms in total. The average Bonchev–Trinajstić information content (AvgIpc) is 2.82. The lowest BCUT2D eigenvalue weighted by molar-refractivity contribution is -0.122. The summed E-state index contributed by atoms with van der Waals surface area (Å²) >= 11 is 5.72. The van der Waals surface area contributed by atoms with Gasteiger partial charge in [0, 0.05) is 24.7 Å². The summed E-state index contributed by atoms with van der Waals surface area (Å²) in [6.07, 6.45) is 5.25. The largest absolute Gasteiger partial charge is 0.476 e. The monoisotopic (exact) mass is 369 g/mol. The van der Waals surface area contributed by atoms with Crippen LogP contribution in [0.3, 0.4) is 0 Å². The Bertz CT molecular complexity index is 445. The molecule has 1 aromatic rings. The minimum atomic E-state index is 0. The fourth-order valence-electron chi connectivity index (χ4n) is 2.42. The fourth-order valence-corrected chi connectivity index (χ4v) is 2.53. The summed E-state index contributed by atoms with van der Waals surface area (Å²) in [5.41, 5.74) is 5.95. The maximum atomic E-state index is 11.7. The van der Waals surface area contributed by atoms with Crippen LogP contribution in [0.1, 0.15) is 25.7 Å². The van der Waals surface area contributed by atoms with Gasteiger partial charge in [-0.1, -0.05) is 18.0 Å². The lowest BCUT2D eigenvalue weighted by atomic mass is 10.00. The zero-order valence-corrected chi connectivity index (χ0v) is 14.6. The Labute approximate surface area is 148 Å². The maximum Gasteiger partial charge on any atom is 0.220 e. The Morgan fingerprint density at radius 1 is 1.41 bits per heavy atom. The van der Waals surface area contributed by atoms with Crippen LogP contribution in [-0.2, 0) is 4.79 Å². The Kier molecular flexibility index (Phi) is 10.5. The number of ether oxygens (including phenoxy) is 1. The van der Waals surface area contributed by atoms with Crippen molar-refractivity contribution in [3.05, 3.63) is 23.4 Å². The summed E-state index contributed by atoms with van der Waals surface area (Å²) in [6.45, 7) is 0.849. The number of hydrogen-bond donors (Lipinski definition) is 2. The summed E-state index contributed by atoms with van der Waals surface area (Å²) < 4.78 is 5.39. The Morgan fingerprint density at radius 2 is 2.18 bits per heavy atom. The van der Waals surface area contributed by atoms with Gasteiger partial charge >= 0.3 is 0 Å². The van der Waals surface area contributed by atoms with Crippen molar-refractivity contribution in [2.75, 3.05) is 13.2 Å². The molecule has 1 amide bonds. The van der Waals surface area contributed by atoms with E-state index < -0.39 is 0 Å². The Balaban J connectivity index is 0.00000220. The lowest BCUT2D eigenvalue weighted by Crippen LogP contribution is -2.33. The minimum Gasteiger partial charge on any atom is -0.476 e. The number of nitrogens with two attached hydrogens (primary N) is 1. The van der Waals surface area contributed by atoms with Crippen molar-refractivity contribution in [3.63, 3.8) is 0 Å². The van der Waals surface area contributed by atoms with Crippen molar-refractivity contribution in [2.45, 2.75) is 31.7 Å². The molecule has 0 bridgehead atoms. The molecule has 1 saturated carbocycles. The molecular weight excluding hydrogens is 349 g/mol. The fraction of sp³-hybridized carbons (Fsp3) is 0.571. The highest BCUT2D eigenvalue weighted by Gasteiger charge is 2.25. The van der Waals surface area contributed by atoms with Gasteiger partial charge in [-0.3, -0.25) is 4.79 Å². The number of amides is 1. The van der Waals surface area contributed by atoms with E-state index in [-0.39, 0.29) is 36.8 Å². The van der Waals surface area contributed by atoms with Gasteiger partial charge in [0.25, 0.3) is 0 Å². The van der Waals surface area contributed by atoms with Crippen LogP contribution in [0, 0.1) is 5.92 Å². The first kappa shape index (κ1) is 21.2.